The van der Waals surface area contributed by atoms with E-state index in [1.807, 2.05) is 6.92 Å². The first-order valence-electron chi connectivity index (χ1n) is 3.88. The van der Waals surface area contributed by atoms with Gasteiger partial charge in [0.2, 0.25) is 0 Å². The highest BCUT2D eigenvalue weighted by atomic mass is 16.5. The third kappa shape index (κ3) is 3.05. The normalized spacial score (nSPS) is 14.9. The molecule has 0 rings (SSSR count). The van der Waals surface area contributed by atoms with E-state index in [2.05, 4.69) is 11.3 Å². The van der Waals surface area contributed by atoms with Crippen LogP contribution < -0.4 is 0 Å². The lowest BCUT2D eigenvalue weighted by Crippen LogP contribution is -2.28. The van der Waals surface area contributed by atoms with Crippen LogP contribution in [0.4, 0.5) is 0 Å². The molecule has 0 aliphatic rings. The molecule has 3 nitrogen and oxygen atoms in total. The second-order valence-corrected chi connectivity index (χ2v) is 2.59. The van der Waals surface area contributed by atoms with E-state index in [4.69, 9.17) is 4.74 Å². The lowest BCUT2D eigenvalue weighted by atomic mass is 10.00. The highest BCUT2D eigenvalue weighted by Gasteiger charge is 2.24. The van der Waals surface area contributed by atoms with E-state index in [0.29, 0.717) is 6.42 Å². The van der Waals surface area contributed by atoms with E-state index < -0.39 is 0 Å². The van der Waals surface area contributed by atoms with E-state index in [0.717, 1.165) is 0 Å². The molecule has 2 atom stereocenters. The van der Waals surface area contributed by atoms with Crippen LogP contribution in [0.2, 0.25) is 0 Å². The van der Waals surface area contributed by atoms with E-state index in [1.54, 1.807) is 13.2 Å². The molecule has 0 radical (unpaired) electrons. The minimum absolute atomic E-state index is 0.129. The van der Waals surface area contributed by atoms with Crippen molar-refractivity contribution in [2.45, 2.75) is 19.4 Å². The van der Waals surface area contributed by atoms with Crippen LogP contribution in [-0.2, 0) is 14.3 Å². The molecule has 0 unspecified atom stereocenters. The van der Waals surface area contributed by atoms with E-state index in [1.165, 1.54) is 7.11 Å². The van der Waals surface area contributed by atoms with Crippen LogP contribution in [0.5, 0.6) is 0 Å². The summed E-state index contributed by atoms with van der Waals surface area (Å²) in [5, 5.41) is 0. The summed E-state index contributed by atoms with van der Waals surface area (Å²) in [6.45, 7) is 5.41. The Morgan fingerprint density at radius 1 is 1.58 bits per heavy atom. The Labute approximate surface area is 73.4 Å². The van der Waals surface area contributed by atoms with Gasteiger partial charge in [-0.05, 0) is 13.3 Å². The summed E-state index contributed by atoms with van der Waals surface area (Å²) in [7, 11) is 2.95. The lowest BCUT2D eigenvalue weighted by Gasteiger charge is -2.18. The third-order valence-electron chi connectivity index (χ3n) is 1.86. The van der Waals surface area contributed by atoms with Gasteiger partial charge < -0.3 is 9.47 Å². The summed E-state index contributed by atoms with van der Waals surface area (Å²) in [6, 6.07) is 0. The molecule has 0 aliphatic heterocycles. The van der Waals surface area contributed by atoms with Crippen molar-refractivity contribution < 1.29 is 14.3 Å². The van der Waals surface area contributed by atoms with Gasteiger partial charge in [0.1, 0.15) is 0 Å². The molecule has 0 aromatic heterocycles. The quantitative estimate of drug-likeness (QED) is 0.464. The predicted molar refractivity (Wildman–Crippen MR) is 46.8 cm³/mol. The van der Waals surface area contributed by atoms with Gasteiger partial charge in [-0.3, -0.25) is 4.79 Å². The van der Waals surface area contributed by atoms with Gasteiger partial charge >= 0.3 is 5.97 Å². The van der Waals surface area contributed by atoms with Crippen molar-refractivity contribution in [2.75, 3.05) is 14.2 Å². The van der Waals surface area contributed by atoms with Crippen LogP contribution in [0.3, 0.4) is 0 Å². The fourth-order valence-corrected chi connectivity index (χ4v) is 0.975. The van der Waals surface area contributed by atoms with Crippen LogP contribution in [0.15, 0.2) is 12.7 Å². The number of methoxy groups -OCH3 is 2. The average Bonchev–Trinajstić information content (AvgIpc) is 2.11. The first kappa shape index (κ1) is 11.2. The van der Waals surface area contributed by atoms with Crippen molar-refractivity contribution >= 4 is 5.97 Å². The van der Waals surface area contributed by atoms with Crippen molar-refractivity contribution in [3.05, 3.63) is 12.7 Å². The predicted octanol–water partition coefficient (Wildman–Crippen LogP) is 1.39. The first-order valence-corrected chi connectivity index (χ1v) is 3.88. The summed E-state index contributed by atoms with van der Waals surface area (Å²) in [5.74, 6) is -0.484. The molecular weight excluding hydrogens is 156 g/mol. The maximum atomic E-state index is 11.2. The van der Waals surface area contributed by atoms with Gasteiger partial charge in [-0.15, -0.1) is 6.58 Å². The number of ether oxygens (including phenoxy) is 2. The highest BCUT2D eigenvalue weighted by Crippen LogP contribution is 2.13. The van der Waals surface area contributed by atoms with Gasteiger partial charge in [-0.1, -0.05) is 6.08 Å². The minimum atomic E-state index is -0.246. The molecule has 0 saturated carbocycles. The minimum Gasteiger partial charge on any atom is -0.469 e. The van der Waals surface area contributed by atoms with Gasteiger partial charge in [0, 0.05) is 7.11 Å². The Bertz CT molecular complexity index is 154. The number of carbonyl (C=O) groups excluding carboxylic acids is 1. The lowest BCUT2D eigenvalue weighted by molar-refractivity contribution is -0.149. The Balaban J connectivity index is 4.20. The highest BCUT2D eigenvalue weighted by molar-refractivity contribution is 5.73. The van der Waals surface area contributed by atoms with Crippen LogP contribution >= 0.6 is 0 Å². The van der Waals surface area contributed by atoms with Crippen LogP contribution in [0, 0.1) is 5.92 Å². The number of rotatable bonds is 5. The summed E-state index contributed by atoms with van der Waals surface area (Å²) >= 11 is 0. The number of hydrogen-bond acceptors (Lipinski definition) is 3. The number of hydrogen-bond donors (Lipinski definition) is 0. The van der Waals surface area contributed by atoms with E-state index >= 15 is 0 Å². The molecule has 0 bridgehead atoms. The third-order valence-corrected chi connectivity index (χ3v) is 1.86. The molecule has 0 N–H and O–H groups in total. The van der Waals surface area contributed by atoms with Crippen LogP contribution in [0.25, 0.3) is 0 Å². The summed E-state index contributed by atoms with van der Waals surface area (Å²) in [6.07, 6.45) is 2.15. The zero-order chi connectivity index (χ0) is 9.56. The van der Waals surface area contributed by atoms with Gasteiger partial charge in [0.15, 0.2) is 0 Å². The van der Waals surface area contributed by atoms with Crippen molar-refractivity contribution in [1.82, 2.24) is 0 Å². The molecule has 0 heterocycles. The molecule has 0 aromatic rings. The smallest absolute Gasteiger partial charge is 0.311 e. The summed E-state index contributed by atoms with van der Waals surface area (Å²) in [5.41, 5.74) is 0. The fourth-order valence-electron chi connectivity index (χ4n) is 0.975. The fraction of sp³-hybridized carbons (Fsp3) is 0.667. The van der Waals surface area contributed by atoms with Crippen molar-refractivity contribution in [3.8, 4) is 0 Å². The Morgan fingerprint density at radius 3 is 2.50 bits per heavy atom. The van der Waals surface area contributed by atoms with Crippen molar-refractivity contribution in [1.29, 1.82) is 0 Å². The van der Waals surface area contributed by atoms with Gasteiger partial charge in [-0.2, -0.15) is 0 Å². The molecule has 70 valence electrons. The summed E-state index contributed by atoms with van der Waals surface area (Å²) < 4.78 is 9.66. The van der Waals surface area contributed by atoms with E-state index in [9.17, 15) is 4.79 Å². The van der Waals surface area contributed by atoms with Gasteiger partial charge in [0.05, 0.1) is 19.1 Å². The number of allylic oxidation sites excluding steroid dienone is 1. The summed E-state index contributed by atoms with van der Waals surface area (Å²) in [4.78, 5) is 11.2. The first-order chi connectivity index (χ1) is 5.67. The van der Waals surface area contributed by atoms with Crippen molar-refractivity contribution in [3.63, 3.8) is 0 Å². The van der Waals surface area contributed by atoms with Crippen LogP contribution in [-0.4, -0.2) is 26.3 Å². The van der Waals surface area contributed by atoms with E-state index in [-0.39, 0.29) is 18.0 Å². The number of carbonyl (C=O) groups is 1. The molecule has 0 fully saturated rings. The SMILES string of the molecule is C=CC[C@H](C(=O)OC)[C@H](C)OC. The maximum absolute atomic E-state index is 11.2. The Morgan fingerprint density at radius 2 is 2.17 bits per heavy atom. The van der Waals surface area contributed by atoms with Crippen LogP contribution in [0.1, 0.15) is 13.3 Å². The second-order valence-electron chi connectivity index (χ2n) is 2.59. The zero-order valence-corrected chi connectivity index (χ0v) is 7.87. The Kier molecular flexibility index (Phi) is 5.37. The Hall–Kier alpha value is -0.830. The topological polar surface area (TPSA) is 35.5 Å². The standard InChI is InChI=1S/C9H16O3/c1-5-6-8(7(2)11-3)9(10)12-4/h5,7-8H,1,6H2,2-4H3/t7-,8-/m0/s1. The number of esters is 1. The zero-order valence-electron chi connectivity index (χ0n) is 7.87. The molecule has 0 aliphatic carbocycles. The molecule has 3 heteroatoms. The average molecular weight is 172 g/mol. The monoisotopic (exact) mass is 172 g/mol. The molecule has 0 aromatic carbocycles. The molecule has 0 saturated heterocycles. The van der Waals surface area contributed by atoms with Crippen molar-refractivity contribution in [2.24, 2.45) is 5.92 Å². The largest absolute Gasteiger partial charge is 0.469 e. The van der Waals surface area contributed by atoms with Gasteiger partial charge in [0.25, 0.3) is 0 Å². The van der Waals surface area contributed by atoms with Gasteiger partial charge in [-0.25, -0.2) is 0 Å². The molecular formula is C9H16O3. The molecule has 0 amide bonds. The molecule has 0 spiro atoms. The second kappa shape index (κ2) is 5.77. The maximum Gasteiger partial charge on any atom is 0.311 e. The molecule has 12 heavy (non-hydrogen) atoms.